The average molecular weight is 434 g/mol. The van der Waals surface area contributed by atoms with E-state index >= 15 is 0 Å². The molecule has 3 aromatic rings. The number of ether oxygens (including phenoxy) is 1. The van der Waals surface area contributed by atoms with E-state index in [-0.39, 0.29) is 36.8 Å². The number of hydrogen-bond acceptors (Lipinski definition) is 4. The van der Waals surface area contributed by atoms with E-state index < -0.39 is 0 Å². The number of halogens is 2. The molecule has 154 valence electrons. The van der Waals surface area contributed by atoms with Crippen LogP contribution >= 0.6 is 24.8 Å². The molecule has 0 radical (unpaired) electrons. The number of nitrogens with one attached hydrogen (secondary N) is 1. The third kappa shape index (κ3) is 4.81. The lowest BCUT2D eigenvalue weighted by Gasteiger charge is -2.37. The van der Waals surface area contributed by atoms with E-state index in [4.69, 9.17) is 4.74 Å². The highest BCUT2D eigenvalue weighted by Gasteiger charge is 2.29. The van der Waals surface area contributed by atoms with Crippen LogP contribution in [0.25, 0.3) is 10.9 Å². The summed E-state index contributed by atoms with van der Waals surface area (Å²) in [7, 11) is 1.67. The van der Waals surface area contributed by atoms with Crippen LogP contribution in [0.4, 0.5) is 0 Å². The molecule has 2 aromatic carbocycles. The van der Waals surface area contributed by atoms with Crippen LogP contribution in [-0.2, 0) is 11.2 Å². The van der Waals surface area contributed by atoms with Crippen molar-refractivity contribution in [1.82, 2.24) is 15.2 Å². The zero-order valence-corrected chi connectivity index (χ0v) is 17.8. The summed E-state index contributed by atoms with van der Waals surface area (Å²) in [6, 6.07) is 17.8. The maximum atomic E-state index is 13.2. The second-order valence-corrected chi connectivity index (χ2v) is 6.72. The van der Waals surface area contributed by atoms with Gasteiger partial charge in [-0.05, 0) is 17.7 Å². The molecule has 0 saturated carbocycles. The van der Waals surface area contributed by atoms with Crippen molar-refractivity contribution in [2.75, 3.05) is 26.7 Å². The van der Waals surface area contributed by atoms with Gasteiger partial charge in [0, 0.05) is 36.8 Å². The Balaban J connectivity index is 0.00000150. The number of amides is 1. The van der Waals surface area contributed by atoms with Gasteiger partial charge in [-0.25, -0.2) is 0 Å². The summed E-state index contributed by atoms with van der Waals surface area (Å²) in [5, 5.41) is 4.46. The topological polar surface area (TPSA) is 54.5 Å². The van der Waals surface area contributed by atoms with Gasteiger partial charge in [-0.2, -0.15) is 0 Å². The molecule has 1 saturated heterocycles. The number of carbonyl (C=O) groups excluding carboxylic acids is 1. The summed E-state index contributed by atoms with van der Waals surface area (Å²) in [5.74, 6) is 0.932. The van der Waals surface area contributed by atoms with Crippen LogP contribution in [0, 0.1) is 0 Å². The van der Waals surface area contributed by atoms with Gasteiger partial charge in [0.15, 0.2) is 0 Å². The second-order valence-electron chi connectivity index (χ2n) is 6.72. The van der Waals surface area contributed by atoms with E-state index in [1.54, 1.807) is 13.3 Å². The molecule has 0 bridgehead atoms. The molecule has 7 heteroatoms. The molecule has 1 fully saturated rings. The first-order valence-corrected chi connectivity index (χ1v) is 9.23. The summed E-state index contributed by atoms with van der Waals surface area (Å²) in [6.07, 6.45) is 2.12. The molecule has 29 heavy (non-hydrogen) atoms. The summed E-state index contributed by atoms with van der Waals surface area (Å²) in [4.78, 5) is 19.7. The molecule has 1 amide bonds. The summed E-state index contributed by atoms with van der Waals surface area (Å²) in [6.45, 7) is 2.20. The monoisotopic (exact) mass is 433 g/mol. The first kappa shape index (κ1) is 22.9. The summed E-state index contributed by atoms with van der Waals surface area (Å²) >= 11 is 0. The van der Waals surface area contributed by atoms with E-state index in [0.717, 1.165) is 40.9 Å². The number of piperazine rings is 1. The average Bonchev–Trinajstić information content (AvgIpc) is 2.74. The van der Waals surface area contributed by atoms with Gasteiger partial charge in [0.05, 0.1) is 25.1 Å². The smallest absolute Gasteiger partial charge is 0.227 e. The Morgan fingerprint density at radius 2 is 1.93 bits per heavy atom. The van der Waals surface area contributed by atoms with Gasteiger partial charge >= 0.3 is 0 Å². The maximum absolute atomic E-state index is 13.2. The van der Waals surface area contributed by atoms with Crippen LogP contribution < -0.4 is 10.1 Å². The third-order valence-corrected chi connectivity index (χ3v) is 5.12. The molecular weight excluding hydrogens is 409 g/mol. The van der Waals surface area contributed by atoms with Crippen LogP contribution in [0.2, 0.25) is 0 Å². The Morgan fingerprint density at radius 1 is 1.14 bits per heavy atom. The van der Waals surface area contributed by atoms with Crippen molar-refractivity contribution in [3.63, 3.8) is 0 Å². The van der Waals surface area contributed by atoms with Crippen molar-refractivity contribution in [1.29, 1.82) is 0 Å². The van der Waals surface area contributed by atoms with Crippen molar-refractivity contribution in [2.45, 2.75) is 12.5 Å². The Hall–Kier alpha value is -2.34. The van der Waals surface area contributed by atoms with Crippen molar-refractivity contribution in [2.24, 2.45) is 0 Å². The molecule has 1 N–H and O–H groups in total. The number of hydrogen-bond donors (Lipinski definition) is 1. The fourth-order valence-electron chi connectivity index (χ4n) is 3.80. The Bertz CT molecular complexity index is 962. The minimum Gasteiger partial charge on any atom is -0.496 e. The number of nitrogens with zero attached hydrogens (tertiary/aromatic N) is 2. The number of rotatable bonds is 4. The first-order valence-electron chi connectivity index (χ1n) is 9.23. The van der Waals surface area contributed by atoms with E-state index in [0.29, 0.717) is 13.0 Å². The number of pyridine rings is 1. The number of benzene rings is 2. The number of carbonyl (C=O) groups is 1. The SMILES string of the molecule is COc1ccccc1C1CNCCN1C(=O)Cc1cccc2cccnc12.Cl.Cl. The van der Waals surface area contributed by atoms with Crippen molar-refractivity contribution >= 4 is 41.6 Å². The highest BCUT2D eigenvalue weighted by molar-refractivity contribution is 5.88. The summed E-state index contributed by atoms with van der Waals surface area (Å²) in [5.41, 5.74) is 2.91. The number of aromatic nitrogens is 1. The largest absolute Gasteiger partial charge is 0.496 e. The molecule has 5 nitrogen and oxygen atoms in total. The number of methoxy groups -OCH3 is 1. The molecule has 1 atom stereocenters. The van der Waals surface area contributed by atoms with Crippen LogP contribution in [0.15, 0.2) is 60.8 Å². The van der Waals surface area contributed by atoms with Crippen LogP contribution in [0.3, 0.4) is 0 Å². The fraction of sp³-hybridized carbons (Fsp3) is 0.273. The van der Waals surface area contributed by atoms with Gasteiger partial charge in [0.1, 0.15) is 5.75 Å². The van der Waals surface area contributed by atoms with Crippen LogP contribution in [0.5, 0.6) is 5.75 Å². The Kier molecular flexibility index (Phi) is 8.26. The van der Waals surface area contributed by atoms with E-state index in [2.05, 4.69) is 10.3 Å². The molecule has 1 unspecified atom stereocenters. The van der Waals surface area contributed by atoms with E-state index in [1.807, 2.05) is 59.5 Å². The molecule has 4 rings (SSSR count). The van der Waals surface area contributed by atoms with Gasteiger partial charge in [-0.1, -0.05) is 42.5 Å². The maximum Gasteiger partial charge on any atom is 0.227 e. The lowest BCUT2D eigenvalue weighted by molar-refractivity contribution is -0.133. The highest BCUT2D eigenvalue weighted by Crippen LogP contribution is 2.31. The zero-order valence-electron chi connectivity index (χ0n) is 16.2. The second kappa shape index (κ2) is 10.4. The van der Waals surface area contributed by atoms with Crippen molar-refractivity contribution in [3.8, 4) is 5.75 Å². The third-order valence-electron chi connectivity index (χ3n) is 5.12. The quantitative estimate of drug-likeness (QED) is 0.679. The molecule has 1 aromatic heterocycles. The molecule has 0 aliphatic carbocycles. The predicted octanol–water partition coefficient (Wildman–Crippen LogP) is 3.80. The number of para-hydroxylation sites is 2. The van der Waals surface area contributed by atoms with E-state index in [9.17, 15) is 4.79 Å². The van der Waals surface area contributed by atoms with Crippen LogP contribution in [0.1, 0.15) is 17.2 Å². The minimum atomic E-state index is -0.0367. The number of fused-ring (bicyclic) bond motifs is 1. The van der Waals surface area contributed by atoms with Crippen molar-refractivity contribution in [3.05, 3.63) is 71.9 Å². The van der Waals surface area contributed by atoms with E-state index in [1.165, 1.54) is 0 Å². The Labute approximate surface area is 183 Å². The van der Waals surface area contributed by atoms with Gasteiger partial charge < -0.3 is 15.0 Å². The van der Waals surface area contributed by atoms with Crippen LogP contribution in [-0.4, -0.2) is 42.5 Å². The van der Waals surface area contributed by atoms with Gasteiger partial charge in [-0.3, -0.25) is 9.78 Å². The first-order chi connectivity index (χ1) is 13.3. The highest BCUT2D eigenvalue weighted by atomic mass is 35.5. The molecule has 1 aliphatic heterocycles. The Morgan fingerprint density at radius 3 is 2.76 bits per heavy atom. The summed E-state index contributed by atoms with van der Waals surface area (Å²) < 4.78 is 5.53. The normalized spacial score (nSPS) is 15.9. The molecule has 1 aliphatic rings. The van der Waals surface area contributed by atoms with Gasteiger partial charge in [0.2, 0.25) is 5.91 Å². The fourth-order valence-corrected chi connectivity index (χ4v) is 3.80. The molecular formula is C22H25Cl2N3O2. The molecule has 2 heterocycles. The lowest BCUT2D eigenvalue weighted by Crippen LogP contribution is -2.49. The zero-order chi connectivity index (χ0) is 18.6. The van der Waals surface area contributed by atoms with Gasteiger partial charge in [0.25, 0.3) is 0 Å². The predicted molar refractivity (Wildman–Crippen MR) is 120 cm³/mol. The van der Waals surface area contributed by atoms with Gasteiger partial charge in [-0.15, -0.1) is 24.8 Å². The minimum absolute atomic E-state index is 0. The molecule has 0 spiro atoms. The lowest BCUT2D eigenvalue weighted by atomic mass is 10.00. The standard InChI is InChI=1S/C22H23N3O2.2ClH/c1-27-20-10-3-2-9-18(20)19-15-23-12-13-25(19)21(26)14-17-7-4-6-16-8-5-11-24-22(16)17;;/h2-11,19,23H,12-15H2,1H3;2*1H. The van der Waals surface area contributed by atoms with Crippen molar-refractivity contribution < 1.29 is 9.53 Å².